The van der Waals surface area contributed by atoms with Crippen LogP contribution in [0.3, 0.4) is 0 Å². The van der Waals surface area contributed by atoms with Crippen molar-refractivity contribution in [2.75, 3.05) is 19.8 Å². The highest BCUT2D eigenvalue weighted by atomic mass is 32.2. The van der Waals surface area contributed by atoms with Crippen LogP contribution in [0.4, 0.5) is 4.39 Å². The molecule has 0 aromatic rings. The Hall–Kier alpha value is -0.250. The summed E-state index contributed by atoms with van der Waals surface area (Å²) in [5.74, 6) is 0. The van der Waals surface area contributed by atoms with E-state index in [4.69, 9.17) is 4.74 Å². The van der Waals surface area contributed by atoms with Crippen molar-refractivity contribution in [3.05, 3.63) is 0 Å². The van der Waals surface area contributed by atoms with E-state index in [-0.39, 0.29) is 6.67 Å². The van der Waals surface area contributed by atoms with Crippen molar-refractivity contribution in [3.63, 3.8) is 0 Å². The van der Waals surface area contributed by atoms with Crippen LogP contribution in [0, 0.1) is 0 Å². The van der Waals surface area contributed by atoms with Crippen LogP contribution < -0.4 is 5.32 Å². The van der Waals surface area contributed by atoms with E-state index in [0.717, 1.165) is 5.04 Å². The third kappa shape index (κ3) is 3.49. The van der Waals surface area contributed by atoms with Gasteiger partial charge in [0.2, 0.25) is 0 Å². The molecule has 20 heavy (non-hydrogen) atoms. The number of thioether (sulfide) groups is 1. The first-order chi connectivity index (χ1) is 9.54. The van der Waals surface area contributed by atoms with Gasteiger partial charge in [0.1, 0.15) is 29.8 Å². The van der Waals surface area contributed by atoms with Crippen molar-refractivity contribution < 1.29 is 24.4 Å². The van der Waals surface area contributed by atoms with Gasteiger partial charge in [0, 0.05) is 6.54 Å². The second-order valence-corrected chi connectivity index (χ2v) is 6.21. The molecule has 0 aliphatic carbocycles. The molecule has 0 spiro atoms. The molecule has 2 aliphatic heterocycles. The van der Waals surface area contributed by atoms with Crippen LogP contribution in [0.5, 0.6) is 0 Å². The van der Waals surface area contributed by atoms with Crippen LogP contribution in [-0.2, 0) is 4.74 Å². The van der Waals surface area contributed by atoms with Crippen molar-refractivity contribution in [1.82, 2.24) is 5.32 Å². The van der Waals surface area contributed by atoms with Crippen LogP contribution in [0.15, 0.2) is 4.99 Å². The summed E-state index contributed by atoms with van der Waals surface area (Å²) in [7, 11) is 0. The maximum absolute atomic E-state index is 12.0. The van der Waals surface area contributed by atoms with Crippen molar-refractivity contribution in [1.29, 1.82) is 0 Å². The smallest absolute Gasteiger partial charge is 0.134 e. The first-order valence-corrected chi connectivity index (χ1v) is 7.62. The molecule has 2 heterocycles. The maximum atomic E-state index is 12.0. The van der Waals surface area contributed by atoms with Gasteiger partial charge in [0.15, 0.2) is 0 Å². The molecule has 2 aliphatic rings. The number of nitrogens with one attached hydrogen (secondary N) is 1. The topological polar surface area (TPSA) is 94.3 Å². The summed E-state index contributed by atoms with van der Waals surface area (Å²) in [6, 6.07) is -0.525. The van der Waals surface area contributed by atoms with E-state index in [2.05, 4.69) is 10.3 Å². The molecule has 0 saturated carbocycles. The molecule has 1 fully saturated rings. The van der Waals surface area contributed by atoms with Crippen LogP contribution in [0.25, 0.3) is 0 Å². The molecule has 1 saturated heterocycles. The van der Waals surface area contributed by atoms with Gasteiger partial charge in [-0.1, -0.05) is 11.8 Å². The average molecular weight is 308 g/mol. The number of aliphatic imine (C=N–C) groups is 1. The van der Waals surface area contributed by atoms with E-state index < -0.39 is 35.9 Å². The third-order valence-electron chi connectivity index (χ3n) is 3.39. The number of rotatable bonds is 6. The Bertz CT molecular complexity index is 358. The van der Waals surface area contributed by atoms with Crippen molar-refractivity contribution >= 4 is 16.8 Å². The lowest BCUT2D eigenvalue weighted by atomic mass is 9.95. The van der Waals surface area contributed by atoms with E-state index >= 15 is 0 Å². The summed E-state index contributed by atoms with van der Waals surface area (Å²) in [5.41, 5.74) is -0.397. The number of halogens is 1. The highest BCUT2D eigenvalue weighted by Gasteiger charge is 2.49. The fourth-order valence-corrected chi connectivity index (χ4v) is 3.49. The molecule has 6 nitrogen and oxygen atoms in total. The van der Waals surface area contributed by atoms with Gasteiger partial charge in [-0.25, -0.2) is 0 Å². The highest BCUT2D eigenvalue weighted by Crippen LogP contribution is 2.37. The number of hydrogen-bond acceptors (Lipinski definition) is 7. The molecule has 6 atom stereocenters. The Morgan fingerprint density at radius 3 is 2.85 bits per heavy atom. The van der Waals surface area contributed by atoms with Gasteiger partial charge in [0.05, 0.1) is 17.8 Å². The summed E-state index contributed by atoms with van der Waals surface area (Å²) in [6.45, 7) is 2.21. The largest absolute Gasteiger partial charge is 0.391 e. The predicted molar refractivity (Wildman–Crippen MR) is 74.6 cm³/mol. The van der Waals surface area contributed by atoms with E-state index in [1.165, 1.54) is 18.7 Å². The maximum Gasteiger partial charge on any atom is 0.134 e. The molecule has 116 valence electrons. The van der Waals surface area contributed by atoms with Gasteiger partial charge >= 0.3 is 0 Å². The van der Waals surface area contributed by atoms with Gasteiger partial charge in [-0.3, -0.25) is 9.38 Å². The lowest BCUT2D eigenvalue weighted by Gasteiger charge is -2.39. The molecule has 0 aromatic carbocycles. The zero-order chi connectivity index (χ0) is 14.7. The molecule has 2 rings (SSSR count). The number of aliphatic hydroxyl groups excluding tert-OH is 3. The van der Waals surface area contributed by atoms with Crippen molar-refractivity contribution in [2.24, 2.45) is 4.99 Å². The molecule has 0 radical (unpaired) electrons. The van der Waals surface area contributed by atoms with Crippen LogP contribution in [-0.4, -0.2) is 76.0 Å². The molecule has 6 unspecified atom stereocenters. The van der Waals surface area contributed by atoms with E-state index in [0.29, 0.717) is 19.5 Å². The van der Waals surface area contributed by atoms with Gasteiger partial charge in [-0.2, -0.15) is 0 Å². The average Bonchev–Trinajstić information content (AvgIpc) is 2.82. The number of nitrogens with zero attached hydrogens (tertiary/aromatic N) is 1. The summed E-state index contributed by atoms with van der Waals surface area (Å²) in [6.07, 6.45) is -3.43. The number of hydrogen-bond donors (Lipinski definition) is 4. The molecular weight excluding hydrogens is 287 g/mol. The predicted octanol–water partition coefficient (Wildman–Crippen LogP) is -0.723. The minimum Gasteiger partial charge on any atom is -0.391 e. The van der Waals surface area contributed by atoms with Gasteiger partial charge in [-0.05, 0) is 19.9 Å². The third-order valence-corrected chi connectivity index (χ3v) is 4.53. The minimum absolute atomic E-state index is 0.359. The summed E-state index contributed by atoms with van der Waals surface area (Å²) in [4.78, 5) is 4.34. The second kappa shape index (κ2) is 7.15. The molecule has 4 N–H and O–H groups in total. The second-order valence-electron chi connectivity index (χ2n) is 5.04. The zero-order valence-corrected chi connectivity index (χ0v) is 12.1. The summed E-state index contributed by atoms with van der Waals surface area (Å²) >= 11 is 1.37. The first kappa shape index (κ1) is 16.1. The number of aliphatic hydroxyl groups is 3. The normalized spacial score (nSPS) is 38.5. The fourth-order valence-electron chi connectivity index (χ4n) is 2.31. The Morgan fingerprint density at radius 1 is 1.45 bits per heavy atom. The van der Waals surface area contributed by atoms with E-state index in [1.807, 2.05) is 0 Å². The van der Waals surface area contributed by atoms with Crippen LogP contribution in [0.2, 0.25) is 0 Å². The Labute approximate surface area is 121 Å². The monoisotopic (exact) mass is 308 g/mol. The minimum atomic E-state index is -1.15. The molecule has 0 bridgehead atoms. The van der Waals surface area contributed by atoms with E-state index in [9.17, 15) is 19.7 Å². The van der Waals surface area contributed by atoms with Crippen molar-refractivity contribution in [2.45, 2.75) is 49.2 Å². The summed E-state index contributed by atoms with van der Waals surface area (Å²) in [5, 5.41) is 33.4. The van der Waals surface area contributed by atoms with Gasteiger partial charge in [-0.15, -0.1) is 0 Å². The number of alkyl halides is 1. The van der Waals surface area contributed by atoms with Crippen LogP contribution >= 0.6 is 11.8 Å². The van der Waals surface area contributed by atoms with Gasteiger partial charge in [0.25, 0.3) is 0 Å². The fraction of sp³-hybridized carbons (Fsp3) is 0.917. The highest BCUT2D eigenvalue weighted by molar-refractivity contribution is 8.14. The van der Waals surface area contributed by atoms with Crippen molar-refractivity contribution in [3.8, 4) is 0 Å². The Kier molecular flexibility index (Phi) is 5.76. The zero-order valence-electron chi connectivity index (χ0n) is 11.3. The van der Waals surface area contributed by atoms with Crippen LogP contribution in [0.1, 0.15) is 13.3 Å². The van der Waals surface area contributed by atoms with E-state index in [1.54, 1.807) is 0 Å². The Balaban J connectivity index is 1.91. The first-order valence-electron chi connectivity index (χ1n) is 6.74. The number of fused-ring (bicyclic) bond motifs is 1. The lowest BCUT2D eigenvalue weighted by molar-refractivity contribution is -0.181. The number of ether oxygens (including phenoxy) is 1. The lowest BCUT2D eigenvalue weighted by Crippen LogP contribution is -2.57. The standard InChI is InChI=1S/C12H21FN2O4S/c1-6(16)11-10(18)9(17)8-12(19-11)20-7(15-8)5-14-4-2-3-13/h6,8-12,14,16-18H,2-5H2,1H3. The summed E-state index contributed by atoms with van der Waals surface area (Å²) < 4.78 is 17.6. The molecule has 0 aromatic heterocycles. The molecule has 0 amide bonds. The molecular formula is C12H21FN2O4S. The SMILES string of the molecule is CC(O)C1OC2SC(CNCCCF)=NC2C(O)C1O. The quantitative estimate of drug-likeness (QED) is 0.484. The molecule has 8 heteroatoms. The van der Waals surface area contributed by atoms with Gasteiger partial charge < -0.3 is 25.4 Å². The Morgan fingerprint density at radius 2 is 2.20 bits per heavy atom.